The monoisotopic (exact) mass is 819 g/mol. The van der Waals surface area contributed by atoms with Crippen molar-refractivity contribution in [3.05, 3.63) is 243 Å². The minimum absolute atomic E-state index is 0.854. The van der Waals surface area contributed by atoms with E-state index in [1.807, 2.05) is 12.1 Å². The van der Waals surface area contributed by atoms with E-state index in [-0.39, 0.29) is 0 Å². The Balaban J connectivity index is 0.928. The van der Waals surface area contributed by atoms with Gasteiger partial charge in [0.25, 0.3) is 0 Å². The number of benzene rings is 10. The number of aromatic nitrogens is 1. The van der Waals surface area contributed by atoms with E-state index in [4.69, 9.17) is 4.42 Å². The quantitative estimate of drug-likeness (QED) is 0.158. The molecule has 10 aromatic carbocycles. The highest BCUT2D eigenvalue weighted by molar-refractivity contribution is 6.14. The molecule has 0 aliphatic heterocycles. The predicted octanol–water partition coefficient (Wildman–Crippen LogP) is 17.2. The van der Waals surface area contributed by atoms with E-state index >= 15 is 0 Å². The van der Waals surface area contributed by atoms with Gasteiger partial charge in [-0.1, -0.05) is 146 Å². The third-order valence-electron chi connectivity index (χ3n) is 12.4. The van der Waals surface area contributed by atoms with Gasteiger partial charge in [-0.3, -0.25) is 0 Å². The topological polar surface area (TPSA) is 35.4 Å². The zero-order valence-corrected chi connectivity index (χ0v) is 34.9. The molecule has 4 heteroatoms. The fourth-order valence-electron chi connectivity index (χ4n) is 9.28. The molecule has 64 heavy (non-hydrogen) atoms. The molecule has 2 aromatic heterocycles. The average molecular weight is 820 g/mol. The van der Waals surface area contributed by atoms with Gasteiger partial charge in [-0.05, 0) is 119 Å². The molecule has 0 radical (unpaired) electrons. The highest BCUT2D eigenvalue weighted by Crippen LogP contribution is 2.43. The van der Waals surface area contributed by atoms with E-state index in [0.29, 0.717) is 0 Å². The number of fused-ring (bicyclic) bond motifs is 6. The number of furan rings is 1. The van der Waals surface area contributed by atoms with Crippen molar-refractivity contribution in [3.8, 4) is 33.4 Å². The van der Waals surface area contributed by atoms with Crippen molar-refractivity contribution in [2.24, 2.45) is 0 Å². The molecule has 0 unspecified atom stereocenters. The summed E-state index contributed by atoms with van der Waals surface area (Å²) in [4.78, 5) is 8.43. The molecule has 12 rings (SSSR count). The maximum Gasteiger partial charge on any atom is 0.137 e. The van der Waals surface area contributed by atoms with Gasteiger partial charge in [-0.25, -0.2) is 0 Å². The number of anilines is 6. The van der Waals surface area contributed by atoms with Gasteiger partial charge in [0, 0.05) is 72.8 Å². The molecule has 0 amide bonds. The molecule has 0 saturated carbocycles. The van der Waals surface area contributed by atoms with Gasteiger partial charge in [-0.15, -0.1) is 0 Å². The first-order valence-electron chi connectivity index (χ1n) is 21.7. The van der Waals surface area contributed by atoms with Crippen LogP contribution in [0.1, 0.15) is 0 Å². The minimum Gasteiger partial charge on any atom is -0.456 e. The number of H-pyrrole nitrogens is 1. The first-order chi connectivity index (χ1) is 31.7. The lowest BCUT2D eigenvalue weighted by Crippen LogP contribution is -2.09. The first kappa shape index (κ1) is 37.2. The summed E-state index contributed by atoms with van der Waals surface area (Å²) in [7, 11) is 0. The summed E-state index contributed by atoms with van der Waals surface area (Å²) in [6.07, 6.45) is 0. The van der Waals surface area contributed by atoms with Crippen molar-refractivity contribution < 1.29 is 4.42 Å². The molecular weight excluding hydrogens is 779 g/mol. The third-order valence-corrected chi connectivity index (χ3v) is 12.4. The number of nitrogens with zero attached hydrogens (tertiary/aromatic N) is 2. The van der Waals surface area contributed by atoms with Crippen molar-refractivity contribution in [3.63, 3.8) is 0 Å². The molecule has 1 N–H and O–H groups in total. The summed E-state index contributed by atoms with van der Waals surface area (Å²) in [5, 5.41) is 4.53. The van der Waals surface area contributed by atoms with Crippen molar-refractivity contribution in [1.29, 1.82) is 0 Å². The van der Waals surface area contributed by atoms with Crippen molar-refractivity contribution in [2.45, 2.75) is 0 Å². The molecule has 0 atom stereocenters. The number of hydrogen-bond acceptors (Lipinski definition) is 3. The van der Waals surface area contributed by atoms with Crippen LogP contribution < -0.4 is 9.80 Å². The standard InChI is InChI=1S/C60H41N3O/c1-5-14-41(15-6-1)43-24-29-48(30-25-43)63(49-31-26-44(27-32-49)42-16-7-2-8-17-42)50-34-37-57-56(39-50)55-23-13-22-52(60(55)61-57)45-28-35-53-54-36-33-51(40-59(54)64-58(53)38-45)62(46-18-9-3-10-19-46)47-20-11-4-12-21-47/h1-40,61H. The summed E-state index contributed by atoms with van der Waals surface area (Å²) in [5.41, 5.74) is 17.4. The van der Waals surface area contributed by atoms with E-state index in [0.717, 1.165) is 78.2 Å². The van der Waals surface area contributed by atoms with Crippen molar-refractivity contribution >= 4 is 77.9 Å². The smallest absolute Gasteiger partial charge is 0.137 e. The lowest BCUT2D eigenvalue weighted by Gasteiger charge is -2.26. The second-order valence-electron chi connectivity index (χ2n) is 16.2. The van der Waals surface area contributed by atoms with Crippen LogP contribution in [0.2, 0.25) is 0 Å². The van der Waals surface area contributed by atoms with Crippen molar-refractivity contribution in [1.82, 2.24) is 4.98 Å². The van der Waals surface area contributed by atoms with Crippen LogP contribution in [0.3, 0.4) is 0 Å². The largest absolute Gasteiger partial charge is 0.456 e. The van der Waals surface area contributed by atoms with Gasteiger partial charge in [0.1, 0.15) is 11.2 Å². The van der Waals surface area contributed by atoms with Crippen LogP contribution in [0.25, 0.3) is 77.1 Å². The molecule has 0 fully saturated rings. The summed E-state index contributed by atoms with van der Waals surface area (Å²) < 4.78 is 6.70. The average Bonchev–Trinajstić information content (AvgIpc) is 3.93. The van der Waals surface area contributed by atoms with E-state index in [2.05, 4.69) is 245 Å². The van der Waals surface area contributed by atoms with Crippen LogP contribution in [-0.2, 0) is 0 Å². The SMILES string of the molecule is c1ccc(-c2ccc(N(c3ccc(-c4ccccc4)cc3)c3ccc4[nH]c5c(-c6ccc7c(c6)oc6cc(N(c8ccccc8)c8ccccc8)ccc67)cccc5c4c3)cc2)cc1. The molecular formula is C60H41N3O. The summed E-state index contributed by atoms with van der Waals surface area (Å²) in [5.74, 6) is 0. The van der Waals surface area contributed by atoms with Gasteiger partial charge >= 0.3 is 0 Å². The Hall–Kier alpha value is -8.60. The van der Waals surface area contributed by atoms with Gasteiger partial charge in [0.2, 0.25) is 0 Å². The molecule has 302 valence electrons. The maximum absolute atomic E-state index is 6.70. The number of nitrogens with one attached hydrogen (secondary N) is 1. The number of aromatic amines is 1. The Bertz CT molecular complexity index is 3460. The van der Waals surface area contributed by atoms with E-state index in [9.17, 15) is 0 Å². The van der Waals surface area contributed by atoms with Gasteiger partial charge < -0.3 is 19.2 Å². The Kier molecular flexibility index (Phi) is 9.12. The first-order valence-corrected chi connectivity index (χ1v) is 21.7. The molecule has 2 heterocycles. The fourth-order valence-corrected chi connectivity index (χ4v) is 9.28. The normalized spacial score (nSPS) is 11.4. The molecule has 12 aromatic rings. The number of hydrogen-bond donors (Lipinski definition) is 1. The fraction of sp³-hybridized carbons (Fsp3) is 0. The molecule has 0 spiro atoms. The van der Waals surface area contributed by atoms with Crippen LogP contribution in [-0.4, -0.2) is 4.98 Å². The van der Waals surface area contributed by atoms with E-state index in [1.54, 1.807) is 0 Å². The lowest BCUT2D eigenvalue weighted by atomic mass is 10.0. The van der Waals surface area contributed by atoms with E-state index in [1.165, 1.54) is 33.0 Å². The Morgan fingerprint density at radius 3 is 1.30 bits per heavy atom. The number of para-hydroxylation sites is 3. The highest BCUT2D eigenvalue weighted by Gasteiger charge is 2.19. The Morgan fingerprint density at radius 2 is 0.719 bits per heavy atom. The molecule has 4 nitrogen and oxygen atoms in total. The maximum atomic E-state index is 6.70. The molecule has 0 aliphatic rings. The van der Waals surface area contributed by atoms with E-state index < -0.39 is 0 Å². The predicted molar refractivity (Wildman–Crippen MR) is 269 cm³/mol. The van der Waals surface area contributed by atoms with Crippen LogP contribution in [0.5, 0.6) is 0 Å². The zero-order valence-electron chi connectivity index (χ0n) is 34.9. The molecule has 0 saturated heterocycles. The van der Waals surface area contributed by atoms with Crippen LogP contribution >= 0.6 is 0 Å². The molecule has 0 aliphatic carbocycles. The zero-order chi connectivity index (χ0) is 42.4. The van der Waals surface area contributed by atoms with Gasteiger partial charge in [-0.2, -0.15) is 0 Å². The Labute approximate surface area is 371 Å². The highest BCUT2D eigenvalue weighted by atomic mass is 16.3. The lowest BCUT2D eigenvalue weighted by molar-refractivity contribution is 0.669. The van der Waals surface area contributed by atoms with Gasteiger partial charge in [0.15, 0.2) is 0 Å². The Morgan fingerprint density at radius 1 is 0.281 bits per heavy atom. The second-order valence-corrected chi connectivity index (χ2v) is 16.2. The second kappa shape index (κ2) is 15.7. The van der Waals surface area contributed by atoms with Crippen molar-refractivity contribution in [2.75, 3.05) is 9.80 Å². The third kappa shape index (κ3) is 6.66. The van der Waals surface area contributed by atoms with Gasteiger partial charge in [0.05, 0.1) is 5.52 Å². The van der Waals surface area contributed by atoms with Crippen LogP contribution in [0.15, 0.2) is 247 Å². The van der Waals surface area contributed by atoms with Crippen LogP contribution in [0, 0.1) is 0 Å². The van der Waals surface area contributed by atoms with Crippen LogP contribution in [0.4, 0.5) is 34.1 Å². The molecule has 0 bridgehead atoms. The summed E-state index contributed by atoms with van der Waals surface area (Å²) in [6.45, 7) is 0. The minimum atomic E-state index is 0.854. The summed E-state index contributed by atoms with van der Waals surface area (Å²) >= 11 is 0. The summed E-state index contributed by atoms with van der Waals surface area (Å²) in [6, 6.07) is 86.3. The number of rotatable bonds is 9.